The molecule has 0 aliphatic rings. The van der Waals surface area contributed by atoms with Crippen LogP contribution in [0, 0.1) is 0 Å². The van der Waals surface area contributed by atoms with Crippen molar-refractivity contribution in [3.63, 3.8) is 0 Å². The highest BCUT2D eigenvalue weighted by atomic mass is 16.2. The molecule has 3 aromatic carbocycles. The maximum Gasteiger partial charge on any atom is 0.170 e. The van der Waals surface area contributed by atoms with Crippen molar-refractivity contribution in [3.8, 4) is 0 Å². The van der Waals surface area contributed by atoms with Crippen LogP contribution in [-0.4, -0.2) is 23.1 Å². The highest BCUT2D eigenvalue weighted by Crippen LogP contribution is 2.13. The van der Waals surface area contributed by atoms with Crippen LogP contribution in [0.2, 0.25) is 0 Å². The summed E-state index contributed by atoms with van der Waals surface area (Å²) in [5.74, 6) is -1.13. The van der Waals surface area contributed by atoms with E-state index in [9.17, 15) is 19.2 Å². The average molecular weight is 370 g/mol. The number of Topliss-reactive ketones (excluding diaryl/α,β-unsaturated/α-hetero) is 4. The fraction of sp³-hybridized carbons (Fsp3) is 0.0833. The SMILES string of the molecule is O=C(CC(=O)c1ccc(C(=O)CC(=O)c2ccccc2)cc1)c1ccccc1. The van der Waals surface area contributed by atoms with E-state index in [1.54, 1.807) is 60.7 Å². The molecule has 0 saturated heterocycles. The standard InChI is InChI=1S/C24H18O4/c25-21(17-7-3-1-4-8-17)15-23(27)19-11-13-20(14-12-19)24(28)16-22(26)18-9-5-2-6-10-18/h1-14H,15-16H2. The van der Waals surface area contributed by atoms with Crippen LogP contribution in [-0.2, 0) is 0 Å². The molecule has 0 radical (unpaired) electrons. The van der Waals surface area contributed by atoms with E-state index in [1.807, 2.05) is 0 Å². The minimum Gasteiger partial charge on any atom is -0.294 e. The molecule has 3 rings (SSSR count). The summed E-state index contributed by atoms with van der Waals surface area (Å²) in [5.41, 5.74) is 1.69. The van der Waals surface area contributed by atoms with Crippen LogP contribution < -0.4 is 0 Å². The monoisotopic (exact) mass is 370 g/mol. The molecule has 0 amide bonds. The molecule has 0 saturated carbocycles. The van der Waals surface area contributed by atoms with E-state index >= 15 is 0 Å². The summed E-state index contributed by atoms with van der Waals surface area (Å²) < 4.78 is 0. The highest BCUT2D eigenvalue weighted by molar-refractivity contribution is 6.15. The van der Waals surface area contributed by atoms with Crippen molar-refractivity contribution in [2.45, 2.75) is 12.8 Å². The van der Waals surface area contributed by atoms with Crippen LogP contribution in [0.15, 0.2) is 84.9 Å². The van der Waals surface area contributed by atoms with E-state index in [4.69, 9.17) is 0 Å². The van der Waals surface area contributed by atoms with Gasteiger partial charge in [-0.1, -0.05) is 84.9 Å². The maximum atomic E-state index is 12.3. The molecule has 3 aromatic rings. The van der Waals surface area contributed by atoms with Gasteiger partial charge in [-0.2, -0.15) is 0 Å². The molecule has 4 heteroatoms. The quantitative estimate of drug-likeness (QED) is 0.429. The summed E-state index contributed by atoms with van der Waals surface area (Å²) in [6.07, 6.45) is -0.465. The predicted octanol–water partition coefficient (Wildman–Crippen LogP) is 4.60. The van der Waals surface area contributed by atoms with Gasteiger partial charge in [0.15, 0.2) is 23.1 Å². The van der Waals surface area contributed by atoms with Gasteiger partial charge in [0, 0.05) is 22.3 Å². The first-order valence-electron chi connectivity index (χ1n) is 8.87. The molecule has 0 aromatic heterocycles. The largest absolute Gasteiger partial charge is 0.294 e. The topological polar surface area (TPSA) is 68.3 Å². The molecule has 138 valence electrons. The van der Waals surface area contributed by atoms with Gasteiger partial charge in [-0.15, -0.1) is 0 Å². The summed E-state index contributed by atoms with van der Waals surface area (Å²) >= 11 is 0. The molecule has 0 spiro atoms. The number of rotatable bonds is 8. The Morgan fingerprint density at radius 2 is 0.643 bits per heavy atom. The second-order valence-electron chi connectivity index (χ2n) is 6.36. The average Bonchev–Trinajstić information content (AvgIpc) is 2.75. The Bertz CT molecular complexity index is 919. The van der Waals surface area contributed by atoms with Crippen LogP contribution in [0.5, 0.6) is 0 Å². The van der Waals surface area contributed by atoms with Gasteiger partial charge in [0.05, 0.1) is 12.8 Å². The number of ketones is 4. The van der Waals surface area contributed by atoms with Gasteiger partial charge in [0.2, 0.25) is 0 Å². The Hall–Kier alpha value is -3.66. The second-order valence-corrected chi connectivity index (χ2v) is 6.36. The summed E-state index contributed by atoms with van der Waals surface area (Å²) in [6.45, 7) is 0. The Balaban J connectivity index is 1.62. The molecular formula is C24H18O4. The molecule has 0 aliphatic carbocycles. The predicted molar refractivity (Wildman–Crippen MR) is 106 cm³/mol. The Kier molecular flexibility index (Phi) is 6.02. The molecule has 0 unspecified atom stereocenters. The van der Waals surface area contributed by atoms with Crippen LogP contribution in [0.4, 0.5) is 0 Å². The number of hydrogen-bond acceptors (Lipinski definition) is 4. The van der Waals surface area contributed by atoms with E-state index in [-0.39, 0.29) is 36.0 Å². The molecule has 4 nitrogen and oxygen atoms in total. The van der Waals surface area contributed by atoms with Gasteiger partial charge in [-0.05, 0) is 0 Å². The van der Waals surface area contributed by atoms with Crippen molar-refractivity contribution >= 4 is 23.1 Å². The summed E-state index contributed by atoms with van der Waals surface area (Å²) in [7, 11) is 0. The molecule has 0 atom stereocenters. The van der Waals surface area contributed by atoms with E-state index in [2.05, 4.69) is 0 Å². The highest BCUT2D eigenvalue weighted by Gasteiger charge is 2.16. The molecule has 0 heterocycles. The van der Waals surface area contributed by atoms with E-state index < -0.39 is 0 Å². The molecule has 0 N–H and O–H groups in total. The zero-order chi connectivity index (χ0) is 19.9. The number of carbonyl (C=O) groups is 4. The fourth-order valence-electron chi connectivity index (χ4n) is 2.79. The van der Waals surface area contributed by atoms with Crippen molar-refractivity contribution in [1.29, 1.82) is 0 Å². The third kappa shape index (κ3) is 4.74. The zero-order valence-corrected chi connectivity index (χ0v) is 15.1. The van der Waals surface area contributed by atoms with Crippen molar-refractivity contribution in [2.24, 2.45) is 0 Å². The van der Waals surface area contributed by atoms with Crippen LogP contribution in [0.1, 0.15) is 54.3 Å². The smallest absolute Gasteiger partial charge is 0.170 e. The van der Waals surface area contributed by atoms with E-state index in [1.165, 1.54) is 24.3 Å². The lowest BCUT2D eigenvalue weighted by atomic mass is 9.98. The number of carbonyl (C=O) groups excluding carboxylic acids is 4. The Morgan fingerprint density at radius 3 is 0.929 bits per heavy atom. The molecule has 0 aliphatic heterocycles. The van der Waals surface area contributed by atoms with Crippen LogP contribution in [0.3, 0.4) is 0 Å². The van der Waals surface area contributed by atoms with Gasteiger partial charge in [0.1, 0.15) is 0 Å². The summed E-state index contributed by atoms with van der Waals surface area (Å²) in [5, 5.41) is 0. The van der Waals surface area contributed by atoms with Gasteiger partial charge in [0.25, 0.3) is 0 Å². The van der Waals surface area contributed by atoms with E-state index in [0.29, 0.717) is 22.3 Å². The first-order valence-corrected chi connectivity index (χ1v) is 8.87. The maximum absolute atomic E-state index is 12.3. The van der Waals surface area contributed by atoms with Crippen molar-refractivity contribution in [3.05, 3.63) is 107 Å². The van der Waals surface area contributed by atoms with Crippen molar-refractivity contribution in [1.82, 2.24) is 0 Å². The molecule has 0 fully saturated rings. The van der Waals surface area contributed by atoms with Crippen molar-refractivity contribution in [2.75, 3.05) is 0 Å². The van der Waals surface area contributed by atoms with Crippen molar-refractivity contribution < 1.29 is 19.2 Å². The first-order chi connectivity index (χ1) is 13.5. The summed E-state index contributed by atoms with van der Waals surface area (Å²) in [4.78, 5) is 48.9. The Morgan fingerprint density at radius 1 is 0.393 bits per heavy atom. The van der Waals surface area contributed by atoms with Crippen LogP contribution >= 0.6 is 0 Å². The fourth-order valence-corrected chi connectivity index (χ4v) is 2.79. The number of benzene rings is 3. The first kappa shape index (κ1) is 19.1. The third-order valence-electron chi connectivity index (χ3n) is 4.36. The van der Waals surface area contributed by atoms with Crippen LogP contribution in [0.25, 0.3) is 0 Å². The van der Waals surface area contributed by atoms with Gasteiger partial charge >= 0.3 is 0 Å². The third-order valence-corrected chi connectivity index (χ3v) is 4.36. The lowest BCUT2D eigenvalue weighted by Crippen LogP contribution is -2.10. The van der Waals surface area contributed by atoms with Gasteiger partial charge < -0.3 is 0 Å². The molecule has 28 heavy (non-hydrogen) atoms. The zero-order valence-electron chi connectivity index (χ0n) is 15.1. The van der Waals surface area contributed by atoms with E-state index in [0.717, 1.165) is 0 Å². The van der Waals surface area contributed by atoms with Gasteiger partial charge in [-0.25, -0.2) is 0 Å². The number of hydrogen-bond donors (Lipinski definition) is 0. The normalized spacial score (nSPS) is 10.3. The lowest BCUT2D eigenvalue weighted by molar-refractivity contribution is 0.0876. The van der Waals surface area contributed by atoms with Gasteiger partial charge in [-0.3, -0.25) is 19.2 Å². The summed E-state index contributed by atoms with van der Waals surface area (Å²) in [6, 6.07) is 23.3. The Labute approximate surface area is 162 Å². The minimum atomic E-state index is -0.312. The minimum absolute atomic E-state index is 0.232. The molecular weight excluding hydrogens is 352 g/mol. The molecule has 0 bridgehead atoms. The second kappa shape index (κ2) is 8.82. The lowest BCUT2D eigenvalue weighted by Gasteiger charge is -2.04.